The van der Waals surface area contributed by atoms with E-state index in [4.69, 9.17) is 12.2 Å². The lowest BCUT2D eigenvalue weighted by Gasteiger charge is -2.15. The first-order chi connectivity index (χ1) is 14.4. The fraction of sp³-hybridized carbons (Fsp3) is 0.125. The summed E-state index contributed by atoms with van der Waals surface area (Å²) in [5.41, 5.74) is 3.70. The third-order valence-corrected chi connectivity index (χ3v) is 4.87. The molecule has 0 aliphatic heterocycles. The molecule has 152 valence electrons. The van der Waals surface area contributed by atoms with Crippen LogP contribution in [-0.2, 0) is 0 Å². The van der Waals surface area contributed by atoms with Crippen molar-refractivity contribution in [3.8, 4) is 0 Å². The van der Waals surface area contributed by atoms with E-state index in [1.807, 2.05) is 56.3 Å². The van der Waals surface area contributed by atoms with E-state index in [-0.39, 0.29) is 23.0 Å². The van der Waals surface area contributed by atoms with Crippen molar-refractivity contribution < 1.29 is 9.59 Å². The fourth-order valence-corrected chi connectivity index (χ4v) is 3.18. The predicted molar refractivity (Wildman–Crippen MR) is 124 cm³/mol. The molecule has 0 bridgehead atoms. The van der Waals surface area contributed by atoms with Gasteiger partial charge in [-0.25, -0.2) is 0 Å². The van der Waals surface area contributed by atoms with Gasteiger partial charge in [0.15, 0.2) is 5.11 Å². The van der Waals surface area contributed by atoms with Gasteiger partial charge in [-0.3, -0.25) is 14.9 Å². The van der Waals surface area contributed by atoms with Gasteiger partial charge in [0.1, 0.15) is 0 Å². The number of amides is 2. The second kappa shape index (κ2) is 9.80. The largest absolute Gasteiger partial charge is 0.346 e. The van der Waals surface area contributed by atoms with Gasteiger partial charge in [0, 0.05) is 16.8 Å². The van der Waals surface area contributed by atoms with Crippen LogP contribution in [0.4, 0.5) is 5.69 Å². The maximum atomic E-state index is 12.5. The summed E-state index contributed by atoms with van der Waals surface area (Å²) < 4.78 is 0. The van der Waals surface area contributed by atoms with Crippen LogP contribution < -0.4 is 16.0 Å². The maximum Gasteiger partial charge on any atom is 0.257 e. The highest BCUT2D eigenvalue weighted by atomic mass is 32.1. The van der Waals surface area contributed by atoms with E-state index in [1.54, 1.807) is 36.4 Å². The van der Waals surface area contributed by atoms with E-state index in [0.29, 0.717) is 16.8 Å². The summed E-state index contributed by atoms with van der Waals surface area (Å²) in [6.07, 6.45) is 0. The zero-order valence-electron chi connectivity index (χ0n) is 16.8. The third-order valence-electron chi connectivity index (χ3n) is 4.67. The smallest absolute Gasteiger partial charge is 0.257 e. The van der Waals surface area contributed by atoms with Crippen LogP contribution >= 0.6 is 12.2 Å². The summed E-state index contributed by atoms with van der Waals surface area (Å²) >= 11 is 5.23. The Hall–Kier alpha value is -3.51. The highest BCUT2D eigenvalue weighted by Gasteiger charge is 2.12. The average molecular weight is 418 g/mol. The first kappa shape index (κ1) is 21.2. The lowest BCUT2D eigenvalue weighted by molar-refractivity contribution is 0.0938. The summed E-state index contributed by atoms with van der Waals surface area (Å²) in [7, 11) is 0. The molecule has 6 heteroatoms. The molecule has 0 saturated carbocycles. The number of hydrogen-bond donors (Lipinski definition) is 3. The summed E-state index contributed by atoms with van der Waals surface area (Å²) in [6, 6.07) is 23.9. The van der Waals surface area contributed by atoms with Crippen LogP contribution in [0.2, 0.25) is 0 Å². The average Bonchev–Trinajstić information content (AvgIpc) is 2.75. The van der Waals surface area contributed by atoms with Gasteiger partial charge >= 0.3 is 0 Å². The molecular weight excluding hydrogens is 394 g/mol. The minimum absolute atomic E-state index is 0.0965. The van der Waals surface area contributed by atoms with E-state index in [2.05, 4.69) is 16.0 Å². The number of anilines is 1. The highest BCUT2D eigenvalue weighted by Crippen LogP contribution is 2.14. The Morgan fingerprint density at radius 1 is 0.833 bits per heavy atom. The van der Waals surface area contributed by atoms with E-state index >= 15 is 0 Å². The van der Waals surface area contributed by atoms with E-state index in [0.717, 1.165) is 11.1 Å². The molecule has 0 aromatic heterocycles. The molecule has 0 radical (unpaired) electrons. The molecule has 5 nitrogen and oxygen atoms in total. The zero-order valence-corrected chi connectivity index (χ0v) is 17.6. The van der Waals surface area contributed by atoms with Gasteiger partial charge in [-0.1, -0.05) is 48.5 Å². The predicted octanol–water partition coefficient (Wildman–Crippen LogP) is 4.61. The molecule has 1 atom stereocenters. The first-order valence-electron chi connectivity index (χ1n) is 9.58. The lowest BCUT2D eigenvalue weighted by Crippen LogP contribution is -2.34. The molecule has 3 rings (SSSR count). The molecular formula is C24H23N3O2S. The van der Waals surface area contributed by atoms with Crippen LogP contribution in [0, 0.1) is 6.92 Å². The van der Waals surface area contributed by atoms with Gasteiger partial charge in [0.25, 0.3) is 11.8 Å². The second-order valence-corrected chi connectivity index (χ2v) is 7.31. The number of rotatable bonds is 5. The summed E-state index contributed by atoms with van der Waals surface area (Å²) in [4.78, 5) is 24.8. The highest BCUT2D eigenvalue weighted by molar-refractivity contribution is 7.80. The monoisotopic (exact) mass is 417 g/mol. The molecule has 1 unspecified atom stereocenters. The van der Waals surface area contributed by atoms with Crippen LogP contribution in [0.3, 0.4) is 0 Å². The van der Waals surface area contributed by atoms with Crippen LogP contribution in [-0.4, -0.2) is 16.9 Å². The Kier molecular flexibility index (Phi) is 6.93. The third kappa shape index (κ3) is 5.52. The Balaban J connectivity index is 1.56. The minimum atomic E-state index is -0.267. The van der Waals surface area contributed by atoms with Crippen molar-refractivity contribution in [1.29, 1.82) is 0 Å². The maximum absolute atomic E-state index is 12.5. The van der Waals surface area contributed by atoms with E-state index in [1.165, 1.54) is 0 Å². The molecule has 0 saturated heterocycles. The van der Waals surface area contributed by atoms with Gasteiger partial charge in [0.2, 0.25) is 0 Å². The molecule has 0 heterocycles. The van der Waals surface area contributed by atoms with Gasteiger partial charge < -0.3 is 10.6 Å². The normalized spacial score (nSPS) is 11.3. The Morgan fingerprint density at radius 2 is 1.47 bits per heavy atom. The number of benzene rings is 3. The van der Waals surface area contributed by atoms with E-state index in [9.17, 15) is 9.59 Å². The van der Waals surface area contributed by atoms with Crippen LogP contribution in [0.5, 0.6) is 0 Å². The van der Waals surface area contributed by atoms with Gasteiger partial charge in [-0.2, -0.15) is 0 Å². The van der Waals surface area contributed by atoms with Crippen molar-refractivity contribution in [3.05, 3.63) is 101 Å². The SMILES string of the molecule is Cc1ccccc1C(=O)NC(=S)Nc1ccc(C(=O)NC(C)c2ccccc2)cc1. The lowest BCUT2D eigenvalue weighted by atomic mass is 10.1. The molecule has 3 aromatic carbocycles. The van der Waals surface area contributed by atoms with Gasteiger partial charge in [0.05, 0.1) is 6.04 Å². The number of nitrogens with one attached hydrogen (secondary N) is 3. The Morgan fingerprint density at radius 3 is 2.13 bits per heavy atom. The van der Waals surface area contributed by atoms with Crippen molar-refractivity contribution >= 4 is 34.8 Å². The molecule has 0 aliphatic rings. The standard InChI is InChI=1S/C24H23N3O2S/c1-16-8-6-7-11-21(16)23(29)27-24(30)26-20-14-12-19(13-15-20)22(28)25-17(2)18-9-4-3-5-10-18/h3-15,17H,1-2H3,(H,25,28)(H2,26,27,29,30). The van der Waals surface area contributed by atoms with Crippen LogP contribution in [0.15, 0.2) is 78.9 Å². The topological polar surface area (TPSA) is 70.2 Å². The Labute approximate surface area is 181 Å². The van der Waals surface area contributed by atoms with Gasteiger partial charge in [-0.15, -0.1) is 0 Å². The summed E-state index contributed by atoms with van der Waals surface area (Å²) in [5.74, 6) is -0.426. The molecule has 0 fully saturated rings. The first-order valence-corrected chi connectivity index (χ1v) is 9.98. The fourth-order valence-electron chi connectivity index (χ4n) is 2.97. The quantitative estimate of drug-likeness (QED) is 0.530. The molecule has 0 spiro atoms. The van der Waals surface area contributed by atoms with Crippen molar-refractivity contribution in [3.63, 3.8) is 0 Å². The number of hydrogen-bond acceptors (Lipinski definition) is 3. The van der Waals surface area contributed by atoms with Crippen molar-refractivity contribution in [1.82, 2.24) is 10.6 Å². The zero-order chi connectivity index (χ0) is 21.5. The molecule has 30 heavy (non-hydrogen) atoms. The van der Waals surface area contributed by atoms with Gasteiger partial charge in [-0.05, 0) is 67.5 Å². The molecule has 2 amide bonds. The van der Waals surface area contributed by atoms with Crippen molar-refractivity contribution in [2.45, 2.75) is 19.9 Å². The van der Waals surface area contributed by atoms with Crippen LogP contribution in [0.1, 0.15) is 44.8 Å². The Bertz CT molecular complexity index is 1050. The molecule has 0 aliphatic carbocycles. The number of carbonyl (C=O) groups is 2. The molecule has 3 aromatic rings. The molecule has 3 N–H and O–H groups in total. The van der Waals surface area contributed by atoms with Crippen molar-refractivity contribution in [2.24, 2.45) is 0 Å². The van der Waals surface area contributed by atoms with E-state index < -0.39 is 0 Å². The minimum Gasteiger partial charge on any atom is -0.346 e. The number of aryl methyl sites for hydroxylation is 1. The number of thiocarbonyl (C=S) groups is 1. The van der Waals surface area contributed by atoms with Crippen molar-refractivity contribution in [2.75, 3.05) is 5.32 Å². The van der Waals surface area contributed by atoms with Crippen LogP contribution in [0.25, 0.3) is 0 Å². The number of carbonyl (C=O) groups excluding carboxylic acids is 2. The summed E-state index contributed by atoms with van der Waals surface area (Å²) in [6.45, 7) is 3.81. The second-order valence-electron chi connectivity index (χ2n) is 6.91. The summed E-state index contributed by atoms with van der Waals surface area (Å²) in [5, 5.41) is 8.80.